The molecular weight excluding hydrogens is 335 g/mol. The number of hydrogen-bond donors (Lipinski definition) is 1. The van der Waals surface area contributed by atoms with E-state index in [1.165, 1.54) is 0 Å². The maximum atomic E-state index is 11.0. The molecule has 1 N–H and O–H groups in total. The predicted octanol–water partition coefficient (Wildman–Crippen LogP) is 4.63. The van der Waals surface area contributed by atoms with Crippen LogP contribution in [0.25, 0.3) is 16.9 Å². The Labute approximate surface area is 143 Å². The first kappa shape index (κ1) is 15.8. The second kappa shape index (κ2) is 6.22. The molecule has 0 bridgehead atoms. The van der Waals surface area contributed by atoms with Crippen LogP contribution in [0.15, 0.2) is 36.5 Å². The number of rotatable bonds is 4. The minimum absolute atomic E-state index is 0.0277. The van der Waals surface area contributed by atoms with E-state index >= 15 is 0 Å². The quantitative estimate of drug-likeness (QED) is 0.747. The lowest BCUT2D eigenvalue weighted by Gasteiger charge is -2.06. The van der Waals surface area contributed by atoms with E-state index in [2.05, 4.69) is 4.98 Å². The van der Waals surface area contributed by atoms with E-state index < -0.39 is 5.97 Å². The van der Waals surface area contributed by atoms with Crippen LogP contribution in [0.2, 0.25) is 10.0 Å². The molecule has 0 aliphatic heterocycles. The molecule has 0 unspecified atom stereocenters. The predicted molar refractivity (Wildman–Crippen MR) is 91.3 cm³/mol. The molecule has 0 aliphatic rings. The molecule has 0 saturated carbocycles. The lowest BCUT2D eigenvalue weighted by molar-refractivity contribution is -0.136. The Kier molecular flexibility index (Phi) is 4.28. The summed E-state index contributed by atoms with van der Waals surface area (Å²) < 4.78 is 1.93. The van der Waals surface area contributed by atoms with E-state index in [9.17, 15) is 4.79 Å². The van der Waals surface area contributed by atoms with E-state index in [1.54, 1.807) is 12.1 Å². The molecule has 0 aliphatic carbocycles. The monoisotopic (exact) mass is 348 g/mol. The molecule has 0 spiro atoms. The standard InChI is InChI=1S/C17H14Cl2N2O2/c1-10-2-6-15-20-17(12-4-3-11(18)8-13(12)19)14(21(15)9-10)5-7-16(22)23/h2-4,6,8-9H,5,7H2,1H3,(H,22,23). The normalized spacial score (nSPS) is 11.1. The number of hydrogen-bond acceptors (Lipinski definition) is 2. The molecule has 0 atom stereocenters. The van der Waals surface area contributed by atoms with Crippen LogP contribution in [0.5, 0.6) is 0 Å². The summed E-state index contributed by atoms with van der Waals surface area (Å²) in [7, 11) is 0. The lowest BCUT2D eigenvalue weighted by atomic mass is 10.1. The average molecular weight is 349 g/mol. The van der Waals surface area contributed by atoms with Gasteiger partial charge in [0.05, 0.1) is 22.8 Å². The van der Waals surface area contributed by atoms with Crippen LogP contribution < -0.4 is 0 Å². The molecule has 3 aromatic rings. The number of pyridine rings is 1. The SMILES string of the molecule is Cc1ccc2nc(-c3ccc(Cl)cc3Cl)c(CCC(=O)O)n2c1. The second-order valence-corrected chi connectivity index (χ2v) is 6.20. The minimum atomic E-state index is -0.847. The number of aromatic nitrogens is 2. The van der Waals surface area contributed by atoms with E-state index in [1.807, 2.05) is 35.7 Å². The van der Waals surface area contributed by atoms with Gasteiger partial charge in [-0.15, -0.1) is 0 Å². The first-order valence-electron chi connectivity index (χ1n) is 7.10. The number of carbonyl (C=O) groups is 1. The molecule has 118 valence electrons. The highest BCUT2D eigenvalue weighted by atomic mass is 35.5. The van der Waals surface area contributed by atoms with E-state index in [4.69, 9.17) is 28.3 Å². The van der Waals surface area contributed by atoms with Crippen molar-refractivity contribution in [3.05, 3.63) is 57.8 Å². The second-order valence-electron chi connectivity index (χ2n) is 5.36. The van der Waals surface area contributed by atoms with Crippen molar-refractivity contribution in [1.29, 1.82) is 0 Å². The van der Waals surface area contributed by atoms with Gasteiger partial charge in [-0.2, -0.15) is 0 Å². The van der Waals surface area contributed by atoms with E-state index in [-0.39, 0.29) is 6.42 Å². The maximum absolute atomic E-state index is 11.0. The lowest BCUT2D eigenvalue weighted by Crippen LogP contribution is -2.02. The fraction of sp³-hybridized carbons (Fsp3) is 0.176. The highest BCUT2D eigenvalue weighted by molar-refractivity contribution is 6.36. The summed E-state index contributed by atoms with van der Waals surface area (Å²) in [5.41, 5.74) is 4.10. The Hall–Kier alpha value is -2.04. The Balaban J connectivity index is 2.21. The maximum Gasteiger partial charge on any atom is 0.303 e. The number of carboxylic acids is 1. The third-order valence-corrected chi connectivity index (χ3v) is 4.18. The van der Waals surface area contributed by atoms with Crippen LogP contribution in [0.3, 0.4) is 0 Å². The van der Waals surface area contributed by atoms with Gasteiger partial charge in [0.15, 0.2) is 0 Å². The first-order valence-corrected chi connectivity index (χ1v) is 7.86. The zero-order valence-corrected chi connectivity index (χ0v) is 13.9. The number of aryl methyl sites for hydroxylation is 2. The van der Waals surface area contributed by atoms with Gasteiger partial charge in [0.2, 0.25) is 0 Å². The van der Waals surface area contributed by atoms with Crippen molar-refractivity contribution in [2.75, 3.05) is 0 Å². The topological polar surface area (TPSA) is 54.6 Å². The Bertz CT molecular complexity index is 903. The molecule has 2 heterocycles. The number of nitrogens with zero attached hydrogens (tertiary/aromatic N) is 2. The van der Waals surface area contributed by atoms with Crippen LogP contribution in [-0.4, -0.2) is 20.5 Å². The molecule has 0 saturated heterocycles. The van der Waals surface area contributed by atoms with Crippen molar-refractivity contribution in [2.45, 2.75) is 19.8 Å². The summed E-state index contributed by atoms with van der Waals surface area (Å²) in [5.74, 6) is -0.847. The van der Waals surface area contributed by atoms with Gasteiger partial charge in [-0.25, -0.2) is 4.98 Å². The molecule has 0 radical (unpaired) electrons. The fourth-order valence-electron chi connectivity index (χ4n) is 2.56. The van der Waals surface area contributed by atoms with Crippen LogP contribution in [0, 0.1) is 6.92 Å². The van der Waals surface area contributed by atoms with Crippen molar-refractivity contribution in [3.63, 3.8) is 0 Å². The van der Waals surface area contributed by atoms with Gasteiger partial charge in [0.1, 0.15) is 5.65 Å². The smallest absolute Gasteiger partial charge is 0.303 e. The number of fused-ring (bicyclic) bond motifs is 1. The van der Waals surface area contributed by atoms with E-state index in [0.717, 1.165) is 22.5 Å². The summed E-state index contributed by atoms with van der Waals surface area (Å²) in [6, 6.07) is 9.10. The van der Waals surface area contributed by atoms with Crippen molar-refractivity contribution >= 4 is 34.8 Å². The van der Waals surface area contributed by atoms with Crippen LogP contribution in [0.1, 0.15) is 17.7 Å². The third-order valence-electron chi connectivity index (χ3n) is 3.63. The Morgan fingerprint density at radius 1 is 1.26 bits per heavy atom. The van der Waals surface area contributed by atoms with Crippen molar-refractivity contribution in [2.24, 2.45) is 0 Å². The number of halogens is 2. The van der Waals surface area contributed by atoms with Gasteiger partial charge in [-0.1, -0.05) is 29.3 Å². The largest absolute Gasteiger partial charge is 0.481 e. The highest BCUT2D eigenvalue weighted by Crippen LogP contribution is 2.33. The van der Waals surface area contributed by atoms with Gasteiger partial charge in [0, 0.05) is 23.2 Å². The molecule has 0 fully saturated rings. The van der Waals surface area contributed by atoms with Crippen LogP contribution in [-0.2, 0) is 11.2 Å². The Morgan fingerprint density at radius 3 is 2.74 bits per heavy atom. The summed E-state index contributed by atoms with van der Waals surface area (Å²) in [6.07, 6.45) is 2.35. The molecule has 1 aromatic carbocycles. The molecule has 0 amide bonds. The van der Waals surface area contributed by atoms with Crippen LogP contribution in [0.4, 0.5) is 0 Å². The fourth-order valence-corrected chi connectivity index (χ4v) is 3.06. The molecule has 3 rings (SSSR count). The zero-order chi connectivity index (χ0) is 16.6. The average Bonchev–Trinajstić information content (AvgIpc) is 2.82. The summed E-state index contributed by atoms with van der Waals surface area (Å²) >= 11 is 12.3. The van der Waals surface area contributed by atoms with Crippen molar-refractivity contribution < 1.29 is 9.90 Å². The molecule has 4 nitrogen and oxygen atoms in total. The summed E-state index contributed by atoms with van der Waals surface area (Å²) in [4.78, 5) is 15.6. The summed E-state index contributed by atoms with van der Waals surface area (Å²) in [6.45, 7) is 1.98. The molecule has 6 heteroatoms. The minimum Gasteiger partial charge on any atom is -0.481 e. The zero-order valence-electron chi connectivity index (χ0n) is 12.4. The van der Waals surface area contributed by atoms with Gasteiger partial charge in [-0.3, -0.25) is 4.79 Å². The van der Waals surface area contributed by atoms with Crippen LogP contribution >= 0.6 is 23.2 Å². The third kappa shape index (κ3) is 3.19. The Morgan fingerprint density at radius 2 is 2.04 bits per heavy atom. The van der Waals surface area contributed by atoms with Gasteiger partial charge < -0.3 is 9.51 Å². The van der Waals surface area contributed by atoms with Crippen molar-refractivity contribution in [3.8, 4) is 11.3 Å². The molecule has 23 heavy (non-hydrogen) atoms. The summed E-state index contributed by atoms with van der Waals surface area (Å²) in [5, 5.41) is 10.1. The van der Waals surface area contributed by atoms with Crippen molar-refractivity contribution in [1.82, 2.24) is 9.38 Å². The molecule has 2 aromatic heterocycles. The van der Waals surface area contributed by atoms with Gasteiger partial charge in [-0.05, 0) is 36.8 Å². The molecular formula is C17H14Cl2N2O2. The number of carboxylic acid groups (broad SMARTS) is 1. The number of benzene rings is 1. The first-order chi connectivity index (χ1) is 11.0. The van der Waals surface area contributed by atoms with Gasteiger partial charge in [0.25, 0.3) is 0 Å². The highest BCUT2D eigenvalue weighted by Gasteiger charge is 2.17. The van der Waals surface area contributed by atoms with E-state index in [0.29, 0.717) is 22.2 Å². The number of aliphatic carboxylic acids is 1. The number of imidazole rings is 1. The van der Waals surface area contributed by atoms with Gasteiger partial charge >= 0.3 is 5.97 Å².